The number of carbonyl (C=O) groups excluding carboxylic acids is 2. The molecule has 32 heavy (non-hydrogen) atoms. The molecule has 0 unspecified atom stereocenters. The van der Waals surface area contributed by atoms with Crippen molar-refractivity contribution < 1.29 is 29.4 Å². The Morgan fingerprint density at radius 3 is 2.12 bits per heavy atom. The lowest BCUT2D eigenvalue weighted by Gasteiger charge is -2.22. The van der Waals surface area contributed by atoms with Crippen LogP contribution in [-0.4, -0.2) is 52.5 Å². The van der Waals surface area contributed by atoms with E-state index in [2.05, 4.69) is 10.6 Å². The van der Waals surface area contributed by atoms with Gasteiger partial charge in [0.2, 0.25) is 0 Å². The van der Waals surface area contributed by atoms with E-state index in [1.165, 1.54) is 0 Å². The Morgan fingerprint density at radius 2 is 1.50 bits per heavy atom. The number of ketones is 1. The van der Waals surface area contributed by atoms with Gasteiger partial charge in [0.25, 0.3) is 5.91 Å². The average molecular weight is 438 g/mol. The normalized spacial score (nSPS) is 13.9. The Morgan fingerprint density at radius 1 is 0.875 bits per heavy atom. The van der Waals surface area contributed by atoms with Crippen molar-refractivity contribution in [2.45, 2.75) is 38.8 Å². The van der Waals surface area contributed by atoms with E-state index in [-0.39, 0.29) is 31.1 Å². The zero-order valence-corrected chi connectivity index (χ0v) is 17.9. The summed E-state index contributed by atoms with van der Waals surface area (Å²) in [6.07, 6.45) is 0.294. The first-order valence-corrected chi connectivity index (χ1v) is 10.5. The lowest BCUT2D eigenvalue weighted by atomic mass is 9.99. The van der Waals surface area contributed by atoms with Crippen molar-refractivity contribution in [3.63, 3.8) is 0 Å². The summed E-state index contributed by atoms with van der Waals surface area (Å²) >= 11 is 0. The SMILES string of the molecule is CC(C)C[C@H](N[C@@H](CCNC(=O)c1cccc2c1-c1ccccc1C2=O)C(=O)O)C(=O)O. The fraction of sp³-hybridized carbons (Fsp3) is 0.333. The molecule has 168 valence electrons. The van der Waals surface area contributed by atoms with Gasteiger partial charge in [-0.25, -0.2) is 0 Å². The Hall–Kier alpha value is -3.52. The molecule has 0 bridgehead atoms. The highest BCUT2D eigenvalue weighted by atomic mass is 16.4. The van der Waals surface area contributed by atoms with Crippen molar-refractivity contribution in [1.29, 1.82) is 0 Å². The van der Waals surface area contributed by atoms with E-state index in [9.17, 15) is 29.4 Å². The molecule has 2 atom stereocenters. The van der Waals surface area contributed by atoms with Crippen LogP contribution in [0.25, 0.3) is 11.1 Å². The molecule has 2 aromatic carbocycles. The molecule has 4 N–H and O–H groups in total. The second-order valence-electron chi connectivity index (χ2n) is 8.23. The fourth-order valence-corrected chi connectivity index (χ4v) is 3.92. The number of amides is 1. The minimum absolute atomic E-state index is 0.00743. The molecule has 1 amide bonds. The van der Waals surface area contributed by atoms with E-state index in [0.29, 0.717) is 27.8 Å². The Bertz CT molecular complexity index is 1060. The molecular formula is C24H26N2O6. The van der Waals surface area contributed by atoms with Crippen LogP contribution in [0.3, 0.4) is 0 Å². The first kappa shape index (κ1) is 23.1. The van der Waals surface area contributed by atoms with Crippen LogP contribution in [0.15, 0.2) is 42.5 Å². The molecule has 2 aromatic rings. The summed E-state index contributed by atoms with van der Waals surface area (Å²) in [5.41, 5.74) is 2.61. The van der Waals surface area contributed by atoms with E-state index in [0.717, 1.165) is 0 Å². The summed E-state index contributed by atoms with van der Waals surface area (Å²) in [5.74, 6) is -2.78. The minimum Gasteiger partial charge on any atom is -0.480 e. The predicted octanol–water partition coefficient (Wildman–Crippen LogP) is 2.56. The van der Waals surface area contributed by atoms with Crippen molar-refractivity contribution in [3.8, 4) is 11.1 Å². The maximum absolute atomic E-state index is 12.9. The molecular weight excluding hydrogens is 412 g/mol. The van der Waals surface area contributed by atoms with Gasteiger partial charge >= 0.3 is 11.9 Å². The molecule has 8 nitrogen and oxygen atoms in total. The smallest absolute Gasteiger partial charge is 0.320 e. The van der Waals surface area contributed by atoms with Gasteiger partial charge in [-0.1, -0.05) is 50.2 Å². The number of aliphatic carboxylic acids is 2. The zero-order chi connectivity index (χ0) is 23.4. The summed E-state index contributed by atoms with van der Waals surface area (Å²) in [7, 11) is 0. The third kappa shape index (κ3) is 4.86. The summed E-state index contributed by atoms with van der Waals surface area (Å²) in [6.45, 7) is 3.74. The topological polar surface area (TPSA) is 133 Å². The van der Waals surface area contributed by atoms with Gasteiger partial charge in [-0.2, -0.15) is 0 Å². The summed E-state index contributed by atoms with van der Waals surface area (Å²) in [4.78, 5) is 48.5. The summed E-state index contributed by atoms with van der Waals surface area (Å²) in [6, 6.07) is 9.91. The predicted molar refractivity (Wildman–Crippen MR) is 118 cm³/mol. The molecule has 0 heterocycles. The number of carboxylic acids is 2. The standard InChI is InChI=1S/C24H26N2O6/c1-13(2)12-19(24(31)32)26-18(23(29)30)10-11-25-22(28)17-9-5-8-16-20(17)14-6-3-4-7-15(14)21(16)27/h3-9,13,18-19,26H,10-12H2,1-2H3,(H,25,28)(H,29,30)(H,31,32)/t18-,19-/m0/s1. The van der Waals surface area contributed by atoms with Gasteiger partial charge in [-0.15, -0.1) is 0 Å². The number of hydrogen-bond donors (Lipinski definition) is 4. The second kappa shape index (κ2) is 9.74. The van der Waals surface area contributed by atoms with E-state index < -0.39 is 29.9 Å². The van der Waals surface area contributed by atoms with Crippen molar-refractivity contribution in [1.82, 2.24) is 10.6 Å². The van der Waals surface area contributed by atoms with Gasteiger partial charge in [0, 0.05) is 28.8 Å². The first-order chi connectivity index (χ1) is 15.2. The number of carboxylic acid groups (broad SMARTS) is 2. The van der Waals surface area contributed by atoms with Gasteiger partial charge in [0.1, 0.15) is 12.1 Å². The highest BCUT2D eigenvalue weighted by molar-refractivity contribution is 6.24. The summed E-state index contributed by atoms with van der Waals surface area (Å²) in [5, 5.41) is 24.2. The van der Waals surface area contributed by atoms with Crippen LogP contribution in [0, 0.1) is 5.92 Å². The van der Waals surface area contributed by atoms with Crippen LogP contribution < -0.4 is 10.6 Å². The number of fused-ring (bicyclic) bond motifs is 3. The Labute approximate surface area is 185 Å². The van der Waals surface area contributed by atoms with E-state index in [1.807, 2.05) is 13.8 Å². The third-order valence-electron chi connectivity index (χ3n) is 5.42. The minimum atomic E-state index is -1.19. The molecule has 0 aromatic heterocycles. The first-order valence-electron chi connectivity index (χ1n) is 10.5. The van der Waals surface area contributed by atoms with Crippen LogP contribution in [-0.2, 0) is 9.59 Å². The van der Waals surface area contributed by atoms with Crippen molar-refractivity contribution in [2.24, 2.45) is 5.92 Å². The molecule has 0 saturated heterocycles. The fourth-order valence-electron chi connectivity index (χ4n) is 3.92. The van der Waals surface area contributed by atoms with Crippen molar-refractivity contribution >= 4 is 23.6 Å². The van der Waals surface area contributed by atoms with Gasteiger partial charge in [-0.05, 0) is 30.4 Å². The number of rotatable bonds is 10. The molecule has 0 saturated carbocycles. The van der Waals surface area contributed by atoms with Gasteiger partial charge in [0.15, 0.2) is 5.78 Å². The monoisotopic (exact) mass is 438 g/mol. The second-order valence-corrected chi connectivity index (χ2v) is 8.23. The van der Waals surface area contributed by atoms with E-state index >= 15 is 0 Å². The maximum Gasteiger partial charge on any atom is 0.320 e. The highest BCUT2D eigenvalue weighted by Gasteiger charge is 2.30. The molecule has 1 aliphatic rings. The van der Waals surface area contributed by atoms with Gasteiger partial charge < -0.3 is 15.5 Å². The van der Waals surface area contributed by atoms with Crippen molar-refractivity contribution in [2.75, 3.05) is 6.54 Å². The zero-order valence-electron chi connectivity index (χ0n) is 17.9. The summed E-state index contributed by atoms with van der Waals surface area (Å²) < 4.78 is 0. The molecule has 0 fully saturated rings. The van der Waals surface area contributed by atoms with Crippen LogP contribution >= 0.6 is 0 Å². The van der Waals surface area contributed by atoms with Crippen LogP contribution in [0.2, 0.25) is 0 Å². The number of hydrogen-bond acceptors (Lipinski definition) is 5. The molecule has 0 spiro atoms. The van der Waals surface area contributed by atoms with Crippen LogP contribution in [0.5, 0.6) is 0 Å². The van der Waals surface area contributed by atoms with E-state index in [4.69, 9.17) is 0 Å². The Kier molecular flexibility index (Phi) is 7.05. The maximum atomic E-state index is 12.9. The molecule has 3 rings (SSSR count). The quantitative estimate of drug-likeness (QED) is 0.382. The average Bonchev–Trinajstić information content (AvgIpc) is 3.04. The highest BCUT2D eigenvalue weighted by Crippen LogP contribution is 2.38. The lowest BCUT2D eigenvalue weighted by Crippen LogP contribution is -2.49. The lowest BCUT2D eigenvalue weighted by molar-refractivity contribution is -0.143. The number of carbonyl (C=O) groups is 4. The third-order valence-corrected chi connectivity index (χ3v) is 5.42. The van der Waals surface area contributed by atoms with Gasteiger partial charge in [0.05, 0.1) is 0 Å². The molecule has 1 aliphatic carbocycles. The Balaban J connectivity index is 1.70. The molecule has 0 aliphatic heterocycles. The number of benzene rings is 2. The number of nitrogens with one attached hydrogen (secondary N) is 2. The largest absolute Gasteiger partial charge is 0.480 e. The van der Waals surface area contributed by atoms with Crippen LogP contribution in [0.4, 0.5) is 0 Å². The van der Waals surface area contributed by atoms with Gasteiger partial charge in [-0.3, -0.25) is 24.5 Å². The van der Waals surface area contributed by atoms with Crippen LogP contribution in [0.1, 0.15) is 53.0 Å². The van der Waals surface area contributed by atoms with Crippen molar-refractivity contribution in [3.05, 3.63) is 59.2 Å². The molecule has 8 heteroatoms. The van der Waals surface area contributed by atoms with E-state index in [1.54, 1.807) is 42.5 Å². The molecule has 0 radical (unpaired) electrons.